The standard InChI is InChI=1S/C32H27N3O2S/c1-22-17-19-26(20-18-22)38(36,37)34-35-23(2)30-27-15-9-10-16-28(27)33-32(30)31(25-13-7-4-8-14-25)29(35)21-24-11-5-3-6-12-24/h3-20,34H,21H2,1-2H3. The molecule has 38 heavy (non-hydrogen) atoms. The number of hydrogen-bond acceptors (Lipinski definition) is 3. The van der Waals surface area contributed by atoms with Crippen molar-refractivity contribution in [3.05, 3.63) is 132 Å². The lowest BCUT2D eigenvalue weighted by molar-refractivity contribution is 0.593. The summed E-state index contributed by atoms with van der Waals surface area (Å²) in [4.78, 5) is 8.21. The fourth-order valence-corrected chi connectivity index (χ4v) is 6.16. The quantitative estimate of drug-likeness (QED) is 0.260. The molecule has 0 unspecified atom stereocenters. The Hall–Kier alpha value is -4.42. The molecule has 5 nitrogen and oxygen atoms in total. The summed E-state index contributed by atoms with van der Waals surface area (Å²) in [6, 6.07) is 35.1. The highest BCUT2D eigenvalue weighted by molar-refractivity contribution is 7.92. The van der Waals surface area contributed by atoms with Crippen LogP contribution in [0.5, 0.6) is 0 Å². The lowest BCUT2D eigenvalue weighted by Gasteiger charge is -2.26. The van der Waals surface area contributed by atoms with Gasteiger partial charge in [0.1, 0.15) is 0 Å². The second-order valence-corrected chi connectivity index (χ2v) is 11.2. The molecule has 0 amide bonds. The van der Waals surface area contributed by atoms with Crippen molar-refractivity contribution in [2.75, 3.05) is 4.83 Å². The van der Waals surface area contributed by atoms with Gasteiger partial charge < -0.3 is 0 Å². The average molecular weight is 518 g/mol. The molecule has 0 spiro atoms. The van der Waals surface area contributed by atoms with Crippen molar-refractivity contribution in [2.45, 2.75) is 25.2 Å². The van der Waals surface area contributed by atoms with Crippen LogP contribution in [-0.2, 0) is 16.4 Å². The van der Waals surface area contributed by atoms with Crippen molar-refractivity contribution in [1.82, 2.24) is 9.66 Å². The first kappa shape index (κ1) is 23.9. The Morgan fingerprint density at radius 2 is 1.37 bits per heavy atom. The number of benzene rings is 4. The van der Waals surface area contributed by atoms with Crippen LogP contribution in [0.25, 0.3) is 33.3 Å². The summed E-state index contributed by atoms with van der Waals surface area (Å²) < 4.78 is 29.2. The molecule has 0 atom stereocenters. The normalized spacial score (nSPS) is 11.7. The molecular weight excluding hydrogens is 490 g/mol. The first-order valence-corrected chi connectivity index (χ1v) is 14.0. The predicted octanol–water partition coefficient (Wildman–Crippen LogP) is 6.95. The predicted molar refractivity (Wildman–Crippen MR) is 154 cm³/mol. The van der Waals surface area contributed by atoms with E-state index in [1.807, 2.05) is 86.6 Å². The lowest BCUT2D eigenvalue weighted by Crippen LogP contribution is -2.29. The Bertz CT molecular complexity index is 1830. The van der Waals surface area contributed by atoms with Gasteiger partial charge >= 0.3 is 0 Å². The van der Waals surface area contributed by atoms with Crippen LogP contribution in [0.1, 0.15) is 22.5 Å². The molecule has 6 rings (SSSR count). The molecule has 0 saturated carbocycles. The molecular formula is C32H27N3O2S. The molecule has 2 aliphatic heterocycles. The highest BCUT2D eigenvalue weighted by Crippen LogP contribution is 2.43. The third-order valence-corrected chi connectivity index (χ3v) is 8.27. The number of nitrogens with one attached hydrogen (secondary N) is 1. The molecule has 4 aromatic rings. The molecule has 6 heteroatoms. The van der Waals surface area contributed by atoms with E-state index in [1.54, 1.807) is 16.8 Å². The number of pyridine rings is 1. The maximum Gasteiger partial charge on any atom is 0.275 e. The van der Waals surface area contributed by atoms with E-state index in [-0.39, 0.29) is 4.90 Å². The van der Waals surface area contributed by atoms with Crippen LogP contribution in [-0.4, -0.2) is 18.1 Å². The Morgan fingerprint density at radius 3 is 2.08 bits per heavy atom. The fraction of sp³-hybridized carbons (Fsp3) is 0.0938. The van der Waals surface area contributed by atoms with Gasteiger partial charge in [0.15, 0.2) is 0 Å². The largest absolute Gasteiger partial charge is 0.275 e. The van der Waals surface area contributed by atoms with Gasteiger partial charge in [0.05, 0.1) is 21.8 Å². The summed E-state index contributed by atoms with van der Waals surface area (Å²) >= 11 is 0. The van der Waals surface area contributed by atoms with Crippen LogP contribution in [0.4, 0.5) is 0 Å². The Balaban J connectivity index is 1.69. The van der Waals surface area contributed by atoms with Gasteiger partial charge in [0.2, 0.25) is 0 Å². The van der Waals surface area contributed by atoms with Crippen LogP contribution < -0.4 is 4.83 Å². The number of aryl methyl sites for hydroxylation is 1. The van der Waals surface area contributed by atoms with Gasteiger partial charge in [-0.15, -0.1) is 0 Å². The van der Waals surface area contributed by atoms with Crippen LogP contribution in [0.15, 0.2) is 114 Å². The first-order chi connectivity index (χ1) is 18.4. The Kier molecular flexibility index (Phi) is 5.97. The third kappa shape index (κ3) is 4.23. The second-order valence-electron chi connectivity index (χ2n) is 9.53. The zero-order valence-electron chi connectivity index (χ0n) is 21.2. The van der Waals surface area contributed by atoms with E-state index in [9.17, 15) is 8.42 Å². The topological polar surface area (TPSA) is 64.0 Å². The van der Waals surface area contributed by atoms with Crippen LogP contribution in [0.3, 0.4) is 0 Å². The zero-order valence-corrected chi connectivity index (χ0v) is 22.0. The molecule has 0 saturated heterocycles. The van der Waals surface area contributed by atoms with Gasteiger partial charge in [-0.25, -0.2) is 9.82 Å². The van der Waals surface area contributed by atoms with Gasteiger partial charge in [-0.2, -0.15) is 8.42 Å². The summed E-state index contributed by atoms with van der Waals surface area (Å²) in [5.74, 6) is 0. The van der Waals surface area contributed by atoms with Crippen molar-refractivity contribution in [2.24, 2.45) is 0 Å². The molecule has 0 aromatic heterocycles. The van der Waals surface area contributed by atoms with E-state index >= 15 is 0 Å². The SMILES string of the molecule is Cc1ccc(S(=O)(=O)Nn2c(C)c3c4ccccc4nc-3c(-c3ccccc3)c2Cc2ccccc2)cc1. The molecule has 188 valence electrons. The van der Waals surface area contributed by atoms with E-state index in [0.29, 0.717) is 6.42 Å². The van der Waals surface area contributed by atoms with Gasteiger partial charge in [0.25, 0.3) is 10.0 Å². The van der Waals surface area contributed by atoms with Crippen molar-refractivity contribution in [3.63, 3.8) is 0 Å². The number of rotatable bonds is 6. The maximum absolute atomic E-state index is 13.7. The molecule has 0 radical (unpaired) electrons. The summed E-state index contributed by atoms with van der Waals surface area (Å²) in [6.45, 7) is 3.89. The van der Waals surface area contributed by atoms with Crippen LogP contribution >= 0.6 is 0 Å². The first-order valence-electron chi connectivity index (χ1n) is 12.5. The van der Waals surface area contributed by atoms with Crippen LogP contribution in [0.2, 0.25) is 0 Å². The summed E-state index contributed by atoms with van der Waals surface area (Å²) in [5, 5.41) is 0.992. The number of fused-ring (bicyclic) bond motifs is 3. The molecule has 2 aliphatic rings. The summed E-state index contributed by atoms with van der Waals surface area (Å²) in [7, 11) is -3.88. The smallest absolute Gasteiger partial charge is 0.253 e. The maximum atomic E-state index is 13.7. The molecule has 1 N–H and O–H groups in total. The average Bonchev–Trinajstić information content (AvgIpc) is 3.32. The Labute approximate surface area is 222 Å². The summed E-state index contributed by atoms with van der Waals surface area (Å²) in [5.41, 5.74) is 8.26. The number of para-hydroxylation sites is 1. The minimum atomic E-state index is -3.88. The second kappa shape index (κ2) is 9.47. The summed E-state index contributed by atoms with van der Waals surface area (Å²) in [6.07, 6.45) is 0.515. The highest BCUT2D eigenvalue weighted by Gasteiger charge is 2.28. The van der Waals surface area contributed by atoms with Gasteiger partial charge in [0, 0.05) is 28.6 Å². The molecule has 4 aromatic carbocycles. The number of nitrogens with zero attached hydrogens (tertiary/aromatic N) is 2. The fourth-order valence-electron chi connectivity index (χ4n) is 5.07. The van der Waals surface area contributed by atoms with E-state index in [1.165, 1.54) is 0 Å². The van der Waals surface area contributed by atoms with Crippen LogP contribution in [0, 0.1) is 13.8 Å². The minimum Gasteiger partial charge on any atom is -0.253 e. The van der Waals surface area contributed by atoms with Crippen molar-refractivity contribution >= 4 is 20.9 Å². The van der Waals surface area contributed by atoms with E-state index < -0.39 is 10.0 Å². The van der Waals surface area contributed by atoms with Crippen molar-refractivity contribution < 1.29 is 8.42 Å². The zero-order chi connectivity index (χ0) is 26.3. The van der Waals surface area contributed by atoms with Gasteiger partial charge in [-0.3, -0.25) is 4.68 Å². The molecule has 0 fully saturated rings. The van der Waals surface area contributed by atoms with E-state index in [2.05, 4.69) is 29.1 Å². The molecule has 0 bridgehead atoms. The van der Waals surface area contributed by atoms with E-state index in [4.69, 9.17) is 4.98 Å². The monoisotopic (exact) mass is 517 g/mol. The van der Waals surface area contributed by atoms with E-state index in [0.717, 1.165) is 55.8 Å². The lowest BCUT2D eigenvalue weighted by atomic mass is 9.92. The van der Waals surface area contributed by atoms with Crippen molar-refractivity contribution in [3.8, 4) is 22.4 Å². The number of sulfonamides is 1. The molecule has 2 heterocycles. The highest BCUT2D eigenvalue weighted by atomic mass is 32.2. The molecule has 0 aliphatic carbocycles. The number of hydrogen-bond donors (Lipinski definition) is 1. The van der Waals surface area contributed by atoms with Crippen molar-refractivity contribution in [1.29, 1.82) is 0 Å². The third-order valence-electron chi connectivity index (χ3n) is 6.95. The minimum absolute atomic E-state index is 0.215. The van der Waals surface area contributed by atoms with Gasteiger partial charge in [-0.05, 0) is 43.2 Å². The Morgan fingerprint density at radius 1 is 0.737 bits per heavy atom. The van der Waals surface area contributed by atoms with Gasteiger partial charge in [-0.1, -0.05) is 96.6 Å². The number of aromatic nitrogens is 2.